The van der Waals surface area contributed by atoms with Gasteiger partial charge in [0.25, 0.3) is 5.91 Å². The zero-order chi connectivity index (χ0) is 24.1. The number of aromatic nitrogens is 2. The summed E-state index contributed by atoms with van der Waals surface area (Å²) in [6, 6.07) is 24.7. The highest BCUT2D eigenvalue weighted by Gasteiger charge is 2.26. The number of nitrogens with one attached hydrogen (secondary N) is 1. The Morgan fingerprint density at radius 3 is 2.35 bits per heavy atom. The summed E-state index contributed by atoms with van der Waals surface area (Å²) < 4.78 is 34.8. The molecular weight excluding hydrogens is 452 g/mol. The molecule has 0 spiro atoms. The molecule has 9 heteroatoms. The molecule has 4 aromatic rings. The van der Waals surface area contributed by atoms with Gasteiger partial charge in [0.2, 0.25) is 10.0 Å². The zero-order valence-electron chi connectivity index (χ0n) is 18.8. The maximum Gasteiger partial charge on any atom is 0.256 e. The second kappa shape index (κ2) is 9.90. The summed E-state index contributed by atoms with van der Waals surface area (Å²) in [4.78, 5) is 12.8. The molecule has 1 aromatic heterocycles. The van der Waals surface area contributed by atoms with Crippen LogP contribution in [0.5, 0.6) is 5.75 Å². The van der Waals surface area contributed by atoms with Crippen molar-refractivity contribution in [1.29, 1.82) is 0 Å². The van der Waals surface area contributed by atoms with E-state index in [-0.39, 0.29) is 22.8 Å². The largest absolute Gasteiger partial charge is 0.495 e. The summed E-state index contributed by atoms with van der Waals surface area (Å²) in [5, 5.41) is 7.07. The van der Waals surface area contributed by atoms with Crippen LogP contribution in [0.25, 0.3) is 5.69 Å². The normalized spacial score (nSPS) is 11.4. The number of anilines is 1. The summed E-state index contributed by atoms with van der Waals surface area (Å²) in [6.07, 6.45) is 1.73. The van der Waals surface area contributed by atoms with Gasteiger partial charge in [-0.2, -0.15) is 9.40 Å². The smallest absolute Gasteiger partial charge is 0.256 e. The van der Waals surface area contributed by atoms with Gasteiger partial charge in [-0.15, -0.1) is 0 Å². The van der Waals surface area contributed by atoms with Gasteiger partial charge in [0.05, 0.1) is 12.8 Å². The van der Waals surface area contributed by atoms with Crippen LogP contribution in [0.2, 0.25) is 0 Å². The molecule has 1 heterocycles. The van der Waals surface area contributed by atoms with Gasteiger partial charge in [0.15, 0.2) is 5.82 Å². The lowest BCUT2D eigenvalue weighted by Gasteiger charge is -2.19. The molecule has 34 heavy (non-hydrogen) atoms. The van der Waals surface area contributed by atoms with Crippen molar-refractivity contribution in [1.82, 2.24) is 14.1 Å². The van der Waals surface area contributed by atoms with Gasteiger partial charge in [0.1, 0.15) is 10.6 Å². The van der Waals surface area contributed by atoms with Gasteiger partial charge in [-0.05, 0) is 35.9 Å². The number of nitrogens with zero attached hydrogens (tertiary/aromatic N) is 3. The van der Waals surface area contributed by atoms with Gasteiger partial charge < -0.3 is 10.1 Å². The van der Waals surface area contributed by atoms with Crippen molar-refractivity contribution in [2.24, 2.45) is 0 Å². The molecular formula is C25H24N4O4S. The van der Waals surface area contributed by atoms with Gasteiger partial charge >= 0.3 is 0 Å². The van der Waals surface area contributed by atoms with E-state index in [1.807, 2.05) is 60.7 Å². The van der Waals surface area contributed by atoms with E-state index < -0.39 is 15.9 Å². The predicted molar refractivity (Wildman–Crippen MR) is 130 cm³/mol. The van der Waals surface area contributed by atoms with E-state index in [1.54, 1.807) is 16.9 Å². The molecule has 0 aliphatic heterocycles. The van der Waals surface area contributed by atoms with Crippen LogP contribution in [0.3, 0.4) is 0 Å². The number of sulfonamides is 1. The third-order valence-electron chi connectivity index (χ3n) is 5.21. The number of para-hydroxylation sites is 1. The quantitative estimate of drug-likeness (QED) is 0.416. The molecule has 0 bridgehead atoms. The Hall–Kier alpha value is -3.95. The molecule has 0 fully saturated rings. The van der Waals surface area contributed by atoms with Gasteiger partial charge in [0, 0.05) is 31.4 Å². The molecule has 0 saturated heterocycles. The first-order chi connectivity index (χ1) is 16.4. The van der Waals surface area contributed by atoms with E-state index in [0.717, 1.165) is 11.3 Å². The number of amides is 1. The third-order valence-corrected chi connectivity index (χ3v) is 7.04. The number of hydrogen-bond acceptors (Lipinski definition) is 5. The highest BCUT2D eigenvalue weighted by molar-refractivity contribution is 7.89. The van der Waals surface area contributed by atoms with Gasteiger partial charge in [-0.3, -0.25) is 4.79 Å². The van der Waals surface area contributed by atoms with E-state index in [1.165, 1.54) is 36.7 Å². The van der Waals surface area contributed by atoms with Crippen LogP contribution in [0.4, 0.5) is 5.82 Å². The monoisotopic (exact) mass is 476 g/mol. The summed E-state index contributed by atoms with van der Waals surface area (Å²) in [5.41, 5.74) is 1.86. The second-order valence-corrected chi connectivity index (χ2v) is 9.56. The molecule has 8 nitrogen and oxygen atoms in total. The summed E-state index contributed by atoms with van der Waals surface area (Å²) >= 11 is 0. The first kappa shape index (κ1) is 23.2. The van der Waals surface area contributed by atoms with Crippen LogP contribution >= 0.6 is 0 Å². The first-order valence-electron chi connectivity index (χ1n) is 10.5. The van der Waals surface area contributed by atoms with E-state index in [9.17, 15) is 13.2 Å². The van der Waals surface area contributed by atoms with Crippen LogP contribution in [0.15, 0.2) is 96.0 Å². The van der Waals surface area contributed by atoms with Crippen molar-refractivity contribution in [2.75, 3.05) is 19.5 Å². The van der Waals surface area contributed by atoms with Crippen LogP contribution in [-0.4, -0.2) is 42.6 Å². The number of benzene rings is 3. The minimum atomic E-state index is -3.93. The molecule has 0 radical (unpaired) electrons. The lowest BCUT2D eigenvalue weighted by atomic mass is 10.2. The van der Waals surface area contributed by atoms with Crippen molar-refractivity contribution in [3.8, 4) is 11.4 Å². The van der Waals surface area contributed by atoms with Gasteiger partial charge in [-0.1, -0.05) is 48.5 Å². The van der Waals surface area contributed by atoms with Crippen LogP contribution in [0, 0.1) is 0 Å². The fraction of sp³-hybridized carbons (Fsp3) is 0.120. The Morgan fingerprint density at radius 1 is 1.00 bits per heavy atom. The SMILES string of the molecule is COc1ccc(C(=O)Nc2ccn(-c3ccccc3)n2)cc1S(=O)(=O)N(C)Cc1ccccc1. The van der Waals surface area contributed by atoms with Crippen molar-refractivity contribution in [2.45, 2.75) is 11.4 Å². The maximum atomic E-state index is 13.3. The third kappa shape index (κ3) is 5.00. The Kier molecular flexibility index (Phi) is 6.76. The average molecular weight is 477 g/mol. The van der Waals surface area contributed by atoms with E-state index >= 15 is 0 Å². The zero-order valence-corrected chi connectivity index (χ0v) is 19.6. The summed E-state index contributed by atoms with van der Waals surface area (Å²) in [6.45, 7) is 0.180. The van der Waals surface area contributed by atoms with E-state index in [0.29, 0.717) is 5.82 Å². The van der Waals surface area contributed by atoms with Crippen molar-refractivity contribution in [3.05, 3.63) is 102 Å². The van der Waals surface area contributed by atoms with Crippen LogP contribution < -0.4 is 10.1 Å². The Labute approximate surface area is 198 Å². The highest BCUT2D eigenvalue weighted by atomic mass is 32.2. The molecule has 4 rings (SSSR count). The van der Waals surface area contributed by atoms with Crippen LogP contribution in [-0.2, 0) is 16.6 Å². The molecule has 0 saturated carbocycles. The number of carbonyl (C=O) groups is 1. The number of ether oxygens (including phenoxy) is 1. The molecule has 3 aromatic carbocycles. The number of hydrogen-bond donors (Lipinski definition) is 1. The fourth-order valence-corrected chi connectivity index (χ4v) is 4.75. The molecule has 0 aliphatic carbocycles. The number of rotatable bonds is 8. The fourth-order valence-electron chi connectivity index (χ4n) is 3.42. The second-order valence-electron chi connectivity index (χ2n) is 7.55. The minimum Gasteiger partial charge on any atom is -0.495 e. The first-order valence-corrected chi connectivity index (χ1v) is 11.9. The minimum absolute atomic E-state index is 0.0871. The molecule has 0 aliphatic rings. The Morgan fingerprint density at radius 2 is 1.68 bits per heavy atom. The molecule has 0 atom stereocenters. The molecule has 1 amide bonds. The molecule has 0 unspecified atom stereocenters. The Bertz CT molecular complexity index is 1390. The lowest BCUT2D eigenvalue weighted by Crippen LogP contribution is -2.27. The van der Waals surface area contributed by atoms with Crippen molar-refractivity contribution >= 4 is 21.7 Å². The number of methoxy groups -OCH3 is 1. The van der Waals surface area contributed by atoms with Crippen LogP contribution in [0.1, 0.15) is 15.9 Å². The molecule has 1 N–H and O–H groups in total. The standard InChI is InChI=1S/C25H24N4O4S/c1-28(18-19-9-5-3-6-10-19)34(31,32)23-17-20(13-14-22(23)33-2)25(30)26-24-15-16-29(27-24)21-11-7-4-8-12-21/h3-17H,18H2,1-2H3,(H,26,27,30). The van der Waals surface area contributed by atoms with Gasteiger partial charge in [-0.25, -0.2) is 13.1 Å². The lowest BCUT2D eigenvalue weighted by molar-refractivity contribution is 0.102. The predicted octanol–water partition coefficient (Wildman–Crippen LogP) is 3.95. The molecule has 174 valence electrons. The summed E-state index contributed by atoms with van der Waals surface area (Å²) in [5.74, 6) is 0.0169. The summed E-state index contributed by atoms with van der Waals surface area (Å²) in [7, 11) is -1.05. The highest BCUT2D eigenvalue weighted by Crippen LogP contribution is 2.28. The maximum absolute atomic E-state index is 13.3. The van der Waals surface area contributed by atoms with Crippen molar-refractivity contribution in [3.63, 3.8) is 0 Å². The van der Waals surface area contributed by atoms with E-state index in [4.69, 9.17) is 4.74 Å². The topological polar surface area (TPSA) is 93.5 Å². The van der Waals surface area contributed by atoms with E-state index in [2.05, 4.69) is 10.4 Å². The average Bonchev–Trinajstić information content (AvgIpc) is 3.33. The van der Waals surface area contributed by atoms with Crippen molar-refractivity contribution < 1.29 is 17.9 Å². The Balaban J connectivity index is 1.57. The number of carbonyl (C=O) groups excluding carboxylic acids is 1.